The second-order valence-corrected chi connectivity index (χ2v) is 4.23. The van der Waals surface area contributed by atoms with Gasteiger partial charge in [-0.15, -0.1) is 0 Å². The van der Waals surface area contributed by atoms with Gasteiger partial charge in [0.25, 0.3) is 5.69 Å². The second kappa shape index (κ2) is 4.31. The van der Waals surface area contributed by atoms with Crippen molar-refractivity contribution in [3.8, 4) is 5.75 Å². The Morgan fingerprint density at radius 1 is 1.53 bits per heavy atom. The first kappa shape index (κ1) is 11.8. The molecule has 2 N–H and O–H groups in total. The third-order valence-corrected chi connectivity index (χ3v) is 3.18. The largest absolute Gasteiger partial charge is 0.496 e. The quantitative estimate of drug-likeness (QED) is 0.620. The third kappa shape index (κ3) is 2.09. The Hall–Kier alpha value is -1.66. The molecule has 1 aliphatic rings. The van der Waals surface area contributed by atoms with Crippen molar-refractivity contribution >= 4 is 5.69 Å². The molecule has 92 valence electrons. The lowest BCUT2D eigenvalue weighted by molar-refractivity contribution is -0.385. The number of ether oxygens (including phenoxy) is 1. The monoisotopic (exact) mass is 238 g/mol. The highest BCUT2D eigenvalue weighted by molar-refractivity contribution is 5.50. The minimum atomic E-state index is -0.414. The Balaban J connectivity index is 2.43. The van der Waals surface area contributed by atoms with E-state index in [-0.39, 0.29) is 11.1 Å². The number of rotatable bonds is 5. The Bertz CT molecular complexity index is 443. The molecule has 1 saturated carbocycles. The molecule has 6 heteroatoms. The molecule has 0 radical (unpaired) electrons. The minimum Gasteiger partial charge on any atom is -0.496 e. The molecule has 1 fully saturated rings. The first-order valence-electron chi connectivity index (χ1n) is 5.27. The van der Waals surface area contributed by atoms with Crippen LogP contribution < -0.4 is 10.6 Å². The Kier molecular flexibility index (Phi) is 2.99. The SMILES string of the molecule is COc1ccc([N+](=O)[O-])cc1C1(CON)CC1. The maximum Gasteiger partial charge on any atom is 0.269 e. The van der Waals surface area contributed by atoms with Crippen molar-refractivity contribution in [2.75, 3.05) is 13.7 Å². The summed E-state index contributed by atoms with van der Waals surface area (Å²) in [6.07, 6.45) is 1.81. The summed E-state index contributed by atoms with van der Waals surface area (Å²) in [5.74, 6) is 5.75. The number of hydrogen-bond acceptors (Lipinski definition) is 5. The van der Waals surface area contributed by atoms with Crippen LogP contribution in [0.1, 0.15) is 18.4 Å². The van der Waals surface area contributed by atoms with Crippen LogP contribution in [0, 0.1) is 10.1 Å². The van der Waals surface area contributed by atoms with E-state index in [0.717, 1.165) is 18.4 Å². The highest BCUT2D eigenvalue weighted by Gasteiger charge is 2.47. The summed E-state index contributed by atoms with van der Waals surface area (Å²) in [4.78, 5) is 15.1. The maximum atomic E-state index is 10.8. The number of nitro benzene ring substituents is 1. The van der Waals surface area contributed by atoms with Crippen molar-refractivity contribution < 1.29 is 14.5 Å². The van der Waals surface area contributed by atoms with E-state index in [1.807, 2.05) is 0 Å². The molecule has 6 nitrogen and oxygen atoms in total. The lowest BCUT2D eigenvalue weighted by Gasteiger charge is -2.17. The predicted molar refractivity (Wildman–Crippen MR) is 60.7 cm³/mol. The van der Waals surface area contributed by atoms with Crippen LogP contribution in [0.15, 0.2) is 18.2 Å². The normalized spacial score (nSPS) is 16.6. The number of methoxy groups -OCH3 is 1. The fourth-order valence-electron chi connectivity index (χ4n) is 2.03. The van der Waals surface area contributed by atoms with E-state index in [9.17, 15) is 10.1 Å². The van der Waals surface area contributed by atoms with Gasteiger partial charge >= 0.3 is 0 Å². The number of nitrogens with zero attached hydrogens (tertiary/aromatic N) is 1. The zero-order chi connectivity index (χ0) is 12.5. The molecular formula is C11H14N2O4. The smallest absolute Gasteiger partial charge is 0.269 e. The summed E-state index contributed by atoms with van der Waals surface area (Å²) < 4.78 is 5.23. The van der Waals surface area contributed by atoms with Gasteiger partial charge in [0.1, 0.15) is 5.75 Å². The van der Waals surface area contributed by atoms with Crippen molar-refractivity contribution in [2.24, 2.45) is 5.90 Å². The summed E-state index contributed by atoms with van der Waals surface area (Å²) in [6.45, 7) is 0.352. The van der Waals surface area contributed by atoms with Gasteiger partial charge in [0.2, 0.25) is 0 Å². The van der Waals surface area contributed by atoms with E-state index >= 15 is 0 Å². The number of hydrogen-bond donors (Lipinski definition) is 1. The van der Waals surface area contributed by atoms with Crippen LogP contribution in [0.3, 0.4) is 0 Å². The summed E-state index contributed by atoms with van der Waals surface area (Å²) >= 11 is 0. The third-order valence-electron chi connectivity index (χ3n) is 3.18. The molecule has 2 rings (SSSR count). The van der Waals surface area contributed by atoms with E-state index in [0.29, 0.717) is 12.4 Å². The minimum absolute atomic E-state index is 0.0593. The molecule has 0 spiro atoms. The molecule has 0 aliphatic heterocycles. The molecule has 0 heterocycles. The van der Waals surface area contributed by atoms with Gasteiger partial charge in [-0.05, 0) is 18.9 Å². The first-order valence-corrected chi connectivity index (χ1v) is 5.27. The molecule has 1 aliphatic carbocycles. The average molecular weight is 238 g/mol. The van der Waals surface area contributed by atoms with Gasteiger partial charge in [-0.1, -0.05) is 0 Å². The summed E-state index contributed by atoms with van der Waals surface area (Å²) in [5.41, 5.74) is 0.648. The van der Waals surface area contributed by atoms with Crippen LogP contribution in [0.5, 0.6) is 5.75 Å². The number of nitrogens with two attached hydrogens (primary N) is 1. The summed E-state index contributed by atoms with van der Waals surface area (Å²) in [6, 6.07) is 4.59. The fourth-order valence-corrected chi connectivity index (χ4v) is 2.03. The Labute approximate surface area is 98.4 Å². The zero-order valence-corrected chi connectivity index (χ0v) is 9.51. The average Bonchev–Trinajstić information content (AvgIpc) is 3.09. The van der Waals surface area contributed by atoms with E-state index in [1.165, 1.54) is 6.07 Å². The molecule has 1 aromatic rings. The van der Waals surface area contributed by atoms with Crippen molar-refractivity contribution in [1.29, 1.82) is 0 Å². The van der Waals surface area contributed by atoms with Gasteiger partial charge in [-0.25, -0.2) is 5.90 Å². The standard InChI is InChI=1S/C11H14N2O4/c1-16-10-3-2-8(13(14)15)6-9(10)11(4-5-11)7-17-12/h2-3,6H,4-5,7,12H2,1H3. The molecule has 0 bridgehead atoms. The van der Waals surface area contributed by atoms with Crippen molar-refractivity contribution in [3.63, 3.8) is 0 Å². The molecule has 17 heavy (non-hydrogen) atoms. The highest BCUT2D eigenvalue weighted by atomic mass is 16.6. The molecule has 1 aromatic carbocycles. The van der Waals surface area contributed by atoms with Gasteiger partial charge in [0, 0.05) is 23.1 Å². The zero-order valence-electron chi connectivity index (χ0n) is 9.51. The van der Waals surface area contributed by atoms with Crippen LogP contribution >= 0.6 is 0 Å². The molecule has 0 atom stereocenters. The second-order valence-electron chi connectivity index (χ2n) is 4.23. The molecule has 0 unspecified atom stereocenters. The van der Waals surface area contributed by atoms with Crippen LogP contribution in [-0.2, 0) is 10.3 Å². The van der Waals surface area contributed by atoms with Gasteiger partial charge in [-0.2, -0.15) is 0 Å². The van der Waals surface area contributed by atoms with E-state index in [4.69, 9.17) is 15.5 Å². The molecule has 0 amide bonds. The van der Waals surface area contributed by atoms with Crippen LogP contribution in [0.4, 0.5) is 5.69 Å². The molecule has 0 aromatic heterocycles. The summed E-state index contributed by atoms with van der Waals surface area (Å²) in [7, 11) is 1.55. The van der Waals surface area contributed by atoms with Gasteiger partial charge in [0.15, 0.2) is 0 Å². The maximum absolute atomic E-state index is 10.8. The van der Waals surface area contributed by atoms with E-state index in [2.05, 4.69) is 0 Å². The van der Waals surface area contributed by atoms with Crippen LogP contribution in [0.25, 0.3) is 0 Å². The Morgan fingerprint density at radius 3 is 2.71 bits per heavy atom. The predicted octanol–water partition coefficient (Wildman–Crippen LogP) is 1.53. The lowest BCUT2D eigenvalue weighted by atomic mass is 9.95. The molecule has 0 saturated heterocycles. The molecular weight excluding hydrogens is 224 g/mol. The van der Waals surface area contributed by atoms with E-state index < -0.39 is 4.92 Å². The fraction of sp³-hybridized carbons (Fsp3) is 0.455. The van der Waals surface area contributed by atoms with Gasteiger partial charge in [-0.3, -0.25) is 10.1 Å². The summed E-state index contributed by atoms with van der Waals surface area (Å²) in [5, 5.41) is 10.8. The highest BCUT2D eigenvalue weighted by Crippen LogP contribution is 2.52. The van der Waals surface area contributed by atoms with Crippen LogP contribution in [-0.4, -0.2) is 18.6 Å². The number of benzene rings is 1. The lowest BCUT2D eigenvalue weighted by Crippen LogP contribution is -2.19. The van der Waals surface area contributed by atoms with Gasteiger partial charge < -0.3 is 9.57 Å². The van der Waals surface area contributed by atoms with Crippen molar-refractivity contribution in [2.45, 2.75) is 18.3 Å². The number of nitro groups is 1. The number of non-ortho nitro benzene ring substituents is 1. The topological polar surface area (TPSA) is 87.6 Å². The van der Waals surface area contributed by atoms with Crippen molar-refractivity contribution in [1.82, 2.24) is 0 Å². The van der Waals surface area contributed by atoms with E-state index in [1.54, 1.807) is 19.2 Å². The van der Waals surface area contributed by atoms with Gasteiger partial charge in [0.05, 0.1) is 18.6 Å². The van der Waals surface area contributed by atoms with Crippen LogP contribution in [0.2, 0.25) is 0 Å². The van der Waals surface area contributed by atoms with Crippen molar-refractivity contribution in [3.05, 3.63) is 33.9 Å². The Morgan fingerprint density at radius 2 is 2.24 bits per heavy atom. The first-order chi connectivity index (χ1) is 8.13.